The second-order valence-corrected chi connectivity index (χ2v) is 10.7. The van der Waals surface area contributed by atoms with E-state index in [1.807, 2.05) is 18.2 Å². The first-order chi connectivity index (χ1) is 17.2. The van der Waals surface area contributed by atoms with E-state index >= 15 is 0 Å². The van der Waals surface area contributed by atoms with Crippen LogP contribution < -0.4 is 5.32 Å². The number of non-ortho nitro benzene ring substituents is 1. The third kappa shape index (κ3) is 3.60. The molecule has 3 aromatic carbocycles. The van der Waals surface area contributed by atoms with Gasteiger partial charge in [0.05, 0.1) is 9.95 Å². The van der Waals surface area contributed by atoms with Gasteiger partial charge in [-0.05, 0) is 52.4 Å². The fraction of sp³-hybridized carbons (Fsp3) is 0.207. The van der Waals surface area contributed by atoms with Crippen LogP contribution in [0, 0.1) is 15.5 Å². The zero-order valence-corrected chi connectivity index (χ0v) is 20.6. The number of allylic oxidation sites excluding steroid dienone is 1. The van der Waals surface area contributed by atoms with E-state index in [1.54, 1.807) is 12.1 Å². The Bertz CT molecular complexity index is 1610. The van der Waals surface area contributed by atoms with Gasteiger partial charge in [-0.2, -0.15) is 0 Å². The molecular weight excluding hydrogens is 476 g/mol. The summed E-state index contributed by atoms with van der Waals surface area (Å²) in [5.74, 6) is 1.20. The highest BCUT2D eigenvalue weighted by molar-refractivity contribution is 6.33. The lowest BCUT2D eigenvalue weighted by Crippen LogP contribution is -2.33. The van der Waals surface area contributed by atoms with E-state index < -0.39 is 11.0 Å². The first-order valence-electron chi connectivity index (χ1n) is 11.8. The zero-order chi connectivity index (χ0) is 25.2. The average molecular weight is 499 g/mol. The van der Waals surface area contributed by atoms with Gasteiger partial charge in [-0.25, -0.2) is 0 Å². The van der Waals surface area contributed by atoms with Crippen LogP contribution in [0.1, 0.15) is 44.1 Å². The molecule has 36 heavy (non-hydrogen) atoms. The normalized spacial score (nSPS) is 18.5. The third-order valence-corrected chi connectivity index (χ3v) is 7.39. The number of fused-ring (bicyclic) bond motifs is 4. The van der Waals surface area contributed by atoms with Crippen molar-refractivity contribution in [3.63, 3.8) is 0 Å². The number of carbonyl (C=O) groups excluding carboxylic acids is 1. The van der Waals surface area contributed by atoms with Crippen molar-refractivity contribution in [2.24, 2.45) is 5.41 Å². The van der Waals surface area contributed by atoms with Crippen LogP contribution in [0.5, 0.6) is 0 Å². The molecule has 1 aliphatic heterocycles. The molecule has 0 saturated heterocycles. The molecule has 2 heterocycles. The van der Waals surface area contributed by atoms with Crippen molar-refractivity contribution in [1.82, 2.24) is 0 Å². The van der Waals surface area contributed by atoms with Crippen molar-refractivity contribution >= 4 is 45.1 Å². The Morgan fingerprint density at radius 3 is 2.64 bits per heavy atom. The van der Waals surface area contributed by atoms with Crippen LogP contribution in [0.3, 0.4) is 0 Å². The Kier molecular flexibility index (Phi) is 5.05. The van der Waals surface area contributed by atoms with Gasteiger partial charge in [0.2, 0.25) is 0 Å². The number of hydrogen-bond donors (Lipinski definition) is 1. The number of rotatable bonds is 3. The second kappa shape index (κ2) is 8.07. The molecule has 7 heteroatoms. The van der Waals surface area contributed by atoms with Gasteiger partial charge in [0.15, 0.2) is 5.78 Å². The molecule has 6 nitrogen and oxygen atoms in total. The van der Waals surface area contributed by atoms with E-state index in [1.165, 1.54) is 12.1 Å². The highest BCUT2D eigenvalue weighted by atomic mass is 35.5. The molecule has 0 spiro atoms. The quantitative estimate of drug-likeness (QED) is 0.228. The van der Waals surface area contributed by atoms with Crippen molar-refractivity contribution < 1.29 is 14.1 Å². The van der Waals surface area contributed by atoms with Crippen molar-refractivity contribution in [3.05, 3.63) is 98.8 Å². The summed E-state index contributed by atoms with van der Waals surface area (Å²) in [5.41, 5.74) is 4.19. The van der Waals surface area contributed by atoms with Gasteiger partial charge >= 0.3 is 0 Å². The summed E-state index contributed by atoms with van der Waals surface area (Å²) in [4.78, 5) is 24.2. The molecule has 1 aliphatic carbocycles. The summed E-state index contributed by atoms with van der Waals surface area (Å²) < 4.78 is 6.24. The molecule has 0 bridgehead atoms. The number of nitro benzene ring substituents is 1. The van der Waals surface area contributed by atoms with Gasteiger partial charge < -0.3 is 9.73 Å². The lowest BCUT2D eigenvalue weighted by Gasteiger charge is -2.39. The van der Waals surface area contributed by atoms with Crippen LogP contribution in [-0.4, -0.2) is 10.7 Å². The fourth-order valence-electron chi connectivity index (χ4n) is 5.52. The van der Waals surface area contributed by atoms with Crippen molar-refractivity contribution in [1.29, 1.82) is 0 Å². The van der Waals surface area contributed by atoms with Crippen LogP contribution >= 0.6 is 11.6 Å². The molecule has 0 radical (unpaired) electrons. The van der Waals surface area contributed by atoms with Gasteiger partial charge in [-0.15, -0.1) is 0 Å². The van der Waals surface area contributed by atoms with Crippen molar-refractivity contribution in [2.75, 3.05) is 5.32 Å². The molecule has 1 N–H and O–H groups in total. The second-order valence-electron chi connectivity index (χ2n) is 10.2. The minimum Gasteiger partial charge on any atom is -0.458 e. The Hall–Kier alpha value is -3.90. The summed E-state index contributed by atoms with van der Waals surface area (Å²) >= 11 is 6.35. The largest absolute Gasteiger partial charge is 0.458 e. The molecule has 6 rings (SSSR count). The molecule has 1 aromatic heterocycles. The Balaban J connectivity index is 1.49. The van der Waals surface area contributed by atoms with E-state index in [2.05, 4.69) is 43.4 Å². The lowest BCUT2D eigenvalue weighted by atomic mass is 9.68. The zero-order valence-electron chi connectivity index (χ0n) is 19.8. The van der Waals surface area contributed by atoms with E-state index in [0.717, 1.165) is 39.6 Å². The van der Waals surface area contributed by atoms with Crippen LogP contribution in [0.4, 0.5) is 11.4 Å². The monoisotopic (exact) mass is 498 g/mol. The average Bonchev–Trinajstić information content (AvgIpc) is 3.32. The number of nitrogens with one attached hydrogen (secondary N) is 1. The number of furan rings is 1. The number of Topliss-reactive ketones (excluding diaryl/α,β-unsaturated/α-hetero) is 1. The fourth-order valence-corrected chi connectivity index (χ4v) is 5.79. The Morgan fingerprint density at radius 2 is 1.86 bits per heavy atom. The third-order valence-electron chi connectivity index (χ3n) is 7.08. The predicted molar refractivity (Wildman–Crippen MR) is 141 cm³/mol. The molecule has 0 amide bonds. The number of hydrogen-bond acceptors (Lipinski definition) is 5. The maximum atomic E-state index is 13.6. The van der Waals surface area contributed by atoms with E-state index in [0.29, 0.717) is 23.5 Å². The van der Waals surface area contributed by atoms with Gasteiger partial charge in [-0.3, -0.25) is 14.9 Å². The lowest BCUT2D eigenvalue weighted by molar-refractivity contribution is -0.384. The van der Waals surface area contributed by atoms with Crippen LogP contribution in [-0.2, 0) is 4.79 Å². The Labute approximate surface area is 212 Å². The number of nitro groups is 1. The molecule has 1 atom stereocenters. The number of benzene rings is 3. The molecule has 4 aromatic rings. The number of carbonyl (C=O) groups is 1. The summed E-state index contributed by atoms with van der Waals surface area (Å²) in [6, 6.07) is 19.9. The number of halogens is 1. The molecule has 0 unspecified atom stereocenters. The van der Waals surface area contributed by atoms with E-state index in [9.17, 15) is 14.9 Å². The molecule has 2 aliphatic rings. The Morgan fingerprint density at radius 1 is 1.06 bits per heavy atom. The SMILES string of the molecule is CC1(C)CC(=O)C2=C(C1)c1c(ccc3ccccc13)N[C@H]2c1ccc(-c2ccc([N+](=O)[O-])cc2Cl)o1. The predicted octanol–water partition coefficient (Wildman–Crippen LogP) is 7.97. The summed E-state index contributed by atoms with van der Waals surface area (Å²) in [6.45, 7) is 4.27. The summed E-state index contributed by atoms with van der Waals surface area (Å²) in [7, 11) is 0. The maximum absolute atomic E-state index is 13.6. The minimum absolute atomic E-state index is 0.0847. The number of anilines is 1. The van der Waals surface area contributed by atoms with E-state index in [4.69, 9.17) is 16.0 Å². The first-order valence-corrected chi connectivity index (χ1v) is 12.2. The van der Waals surface area contributed by atoms with Gasteiger partial charge in [0, 0.05) is 40.9 Å². The smallest absolute Gasteiger partial charge is 0.270 e. The number of nitrogens with zero attached hydrogens (tertiary/aromatic N) is 1. The van der Waals surface area contributed by atoms with Gasteiger partial charge in [0.1, 0.15) is 17.6 Å². The van der Waals surface area contributed by atoms with Gasteiger partial charge in [0.25, 0.3) is 5.69 Å². The minimum atomic E-state index is -0.486. The van der Waals surface area contributed by atoms with Crippen molar-refractivity contribution in [2.45, 2.75) is 32.7 Å². The molecule has 0 fully saturated rings. The summed E-state index contributed by atoms with van der Waals surface area (Å²) in [5, 5.41) is 17.1. The molecule has 180 valence electrons. The van der Waals surface area contributed by atoms with Crippen LogP contribution in [0.25, 0.3) is 27.7 Å². The maximum Gasteiger partial charge on any atom is 0.270 e. The standard InChI is InChI=1S/C29H23ClN2O4/c1-29(2)14-20-26-18-6-4-3-5-16(18)7-10-22(26)31-28(27(20)23(33)15-29)25-12-11-24(36-25)19-9-8-17(32(34)35)13-21(19)30/h3-13,28,31H,14-15H2,1-2H3/t28-/m0/s1. The van der Waals surface area contributed by atoms with Crippen molar-refractivity contribution in [3.8, 4) is 11.3 Å². The topological polar surface area (TPSA) is 85.4 Å². The molecular formula is C29H23ClN2O4. The first kappa shape index (κ1) is 22.6. The number of ketones is 1. The van der Waals surface area contributed by atoms with Crippen LogP contribution in [0.2, 0.25) is 5.02 Å². The van der Waals surface area contributed by atoms with Crippen LogP contribution in [0.15, 0.2) is 76.7 Å². The molecule has 0 saturated carbocycles. The summed E-state index contributed by atoms with van der Waals surface area (Å²) in [6.07, 6.45) is 1.25. The highest BCUT2D eigenvalue weighted by Crippen LogP contribution is 2.52. The van der Waals surface area contributed by atoms with E-state index in [-0.39, 0.29) is 21.9 Å². The van der Waals surface area contributed by atoms with Gasteiger partial charge in [-0.1, -0.05) is 55.8 Å². The highest BCUT2D eigenvalue weighted by Gasteiger charge is 2.41.